The number of rotatable bonds is 4. The highest BCUT2D eigenvalue weighted by molar-refractivity contribution is 5.52. The monoisotopic (exact) mass is 475 g/mol. The van der Waals surface area contributed by atoms with Gasteiger partial charge in [0.05, 0.1) is 29.4 Å². The minimum absolute atomic E-state index is 0.154. The molecule has 1 aromatic heterocycles. The maximum Gasteiger partial charge on any atom is 0.416 e. The van der Waals surface area contributed by atoms with Crippen LogP contribution in [0.15, 0.2) is 30.5 Å². The molecule has 0 atom stereocenters. The molecule has 0 bridgehead atoms. The van der Waals surface area contributed by atoms with E-state index in [-0.39, 0.29) is 12.1 Å². The van der Waals surface area contributed by atoms with Crippen LogP contribution in [0.3, 0.4) is 0 Å². The molecule has 2 fully saturated rings. The molecule has 0 amide bonds. The smallest absolute Gasteiger partial charge is 0.401 e. The van der Waals surface area contributed by atoms with Gasteiger partial charge in [-0.15, -0.1) is 0 Å². The number of pyridine rings is 1. The Balaban J connectivity index is 1.60. The first-order valence-electron chi connectivity index (χ1n) is 11.5. The van der Waals surface area contributed by atoms with Crippen LogP contribution in [-0.2, 0) is 17.5 Å². The fraction of sp³-hybridized carbons (Fsp3) is 0.480. The zero-order chi connectivity index (χ0) is 24.5. The van der Waals surface area contributed by atoms with Gasteiger partial charge in [0.1, 0.15) is 5.82 Å². The number of anilines is 1. The lowest BCUT2D eigenvalue weighted by Gasteiger charge is -2.39. The molecule has 34 heavy (non-hydrogen) atoms. The molecule has 9 heteroatoms. The number of halogens is 3. The van der Waals surface area contributed by atoms with Gasteiger partial charge in [-0.3, -0.25) is 4.98 Å². The normalized spacial score (nSPS) is 19.9. The average molecular weight is 476 g/mol. The summed E-state index contributed by atoms with van der Waals surface area (Å²) in [5, 5.41) is 4.29. The molecule has 2 saturated heterocycles. The summed E-state index contributed by atoms with van der Waals surface area (Å²) in [6, 6.07) is 6.12. The summed E-state index contributed by atoms with van der Waals surface area (Å²) < 4.78 is 45.4. The van der Waals surface area contributed by atoms with Crippen molar-refractivity contribution in [1.82, 2.24) is 10.3 Å². The number of aromatic nitrogens is 1. The summed E-state index contributed by atoms with van der Waals surface area (Å²) in [5.41, 5.74) is 14.3. The highest BCUT2D eigenvalue weighted by Crippen LogP contribution is 2.39. The molecule has 1 aromatic carbocycles. The fourth-order valence-corrected chi connectivity index (χ4v) is 4.90. The first-order valence-corrected chi connectivity index (χ1v) is 11.5. The minimum Gasteiger partial charge on any atom is -0.401 e. The second-order valence-electron chi connectivity index (χ2n) is 9.42. The molecule has 0 radical (unpaired) electrons. The number of nitrogens with one attached hydrogen (secondary N) is 1. The van der Waals surface area contributed by atoms with Crippen molar-refractivity contribution < 1.29 is 17.9 Å². The van der Waals surface area contributed by atoms with Gasteiger partial charge in [0.25, 0.3) is 0 Å². The SMILES string of the molecule is C/C(N)=c1\ncc(N2CCC3(CCOC3)CC2)c\c1=C(\N)NCc1cccc(C(F)(F)F)c1C. The van der Waals surface area contributed by atoms with Crippen LogP contribution in [-0.4, -0.2) is 31.3 Å². The average Bonchev–Trinajstić information content (AvgIpc) is 3.25. The maximum absolute atomic E-state index is 13.3. The molecule has 184 valence electrons. The van der Waals surface area contributed by atoms with Gasteiger partial charge in [-0.1, -0.05) is 12.1 Å². The van der Waals surface area contributed by atoms with Crippen LogP contribution >= 0.6 is 0 Å². The third kappa shape index (κ3) is 4.94. The van der Waals surface area contributed by atoms with Crippen molar-refractivity contribution in [1.29, 1.82) is 0 Å². The van der Waals surface area contributed by atoms with E-state index >= 15 is 0 Å². The number of piperidine rings is 1. The van der Waals surface area contributed by atoms with Crippen molar-refractivity contribution in [2.45, 2.75) is 45.8 Å². The summed E-state index contributed by atoms with van der Waals surface area (Å²) in [5.74, 6) is 0.323. The second kappa shape index (κ2) is 9.37. The van der Waals surface area contributed by atoms with Gasteiger partial charge in [0.15, 0.2) is 0 Å². The predicted octanol–water partition coefficient (Wildman–Crippen LogP) is 2.32. The quantitative estimate of drug-likeness (QED) is 0.629. The van der Waals surface area contributed by atoms with Gasteiger partial charge in [-0.25, -0.2) is 0 Å². The lowest BCUT2D eigenvalue weighted by Crippen LogP contribution is -2.43. The highest BCUT2D eigenvalue weighted by atomic mass is 19.4. The molecule has 0 aliphatic carbocycles. The Morgan fingerprint density at radius 3 is 2.56 bits per heavy atom. The van der Waals surface area contributed by atoms with Gasteiger partial charge < -0.3 is 26.4 Å². The molecule has 2 aliphatic rings. The van der Waals surface area contributed by atoms with E-state index in [9.17, 15) is 13.2 Å². The molecular formula is C25H32F3N5O. The number of benzene rings is 1. The van der Waals surface area contributed by atoms with Gasteiger partial charge >= 0.3 is 6.18 Å². The Kier molecular flexibility index (Phi) is 6.66. The number of ether oxygens (including phenoxy) is 1. The largest absolute Gasteiger partial charge is 0.416 e. The van der Waals surface area contributed by atoms with Gasteiger partial charge in [-0.05, 0) is 61.8 Å². The highest BCUT2D eigenvalue weighted by Gasteiger charge is 2.38. The van der Waals surface area contributed by atoms with E-state index in [2.05, 4.69) is 15.2 Å². The molecule has 5 N–H and O–H groups in total. The molecular weight excluding hydrogens is 443 g/mol. The van der Waals surface area contributed by atoms with Crippen molar-refractivity contribution in [3.8, 4) is 0 Å². The van der Waals surface area contributed by atoms with E-state index in [0.717, 1.165) is 57.3 Å². The van der Waals surface area contributed by atoms with E-state index in [4.69, 9.17) is 16.2 Å². The lowest BCUT2D eigenvalue weighted by atomic mass is 9.78. The first kappa shape index (κ1) is 24.2. The van der Waals surface area contributed by atoms with Crippen LogP contribution in [0.1, 0.15) is 42.9 Å². The second-order valence-corrected chi connectivity index (χ2v) is 9.42. The molecule has 3 heterocycles. The topological polar surface area (TPSA) is 89.4 Å². The van der Waals surface area contributed by atoms with E-state index < -0.39 is 11.7 Å². The summed E-state index contributed by atoms with van der Waals surface area (Å²) in [4.78, 5) is 6.86. The van der Waals surface area contributed by atoms with E-state index in [0.29, 0.717) is 33.1 Å². The van der Waals surface area contributed by atoms with Crippen LogP contribution in [0, 0.1) is 12.3 Å². The molecule has 1 spiro atoms. The maximum atomic E-state index is 13.3. The van der Waals surface area contributed by atoms with Crippen LogP contribution in [0.2, 0.25) is 0 Å². The zero-order valence-corrected chi connectivity index (χ0v) is 19.6. The van der Waals surface area contributed by atoms with Crippen molar-refractivity contribution in [3.63, 3.8) is 0 Å². The molecule has 2 aliphatic heterocycles. The first-order chi connectivity index (χ1) is 16.1. The Bertz CT molecular complexity index is 1160. The number of nitrogens with two attached hydrogens (primary N) is 2. The molecule has 6 nitrogen and oxygen atoms in total. The Labute approximate surface area is 197 Å². The van der Waals surface area contributed by atoms with Crippen LogP contribution < -0.4 is 32.3 Å². The molecule has 4 rings (SSSR count). The third-order valence-electron chi connectivity index (χ3n) is 7.13. The predicted molar refractivity (Wildman–Crippen MR) is 127 cm³/mol. The summed E-state index contributed by atoms with van der Waals surface area (Å²) in [6.07, 6.45) is 0.660. The van der Waals surface area contributed by atoms with E-state index in [1.54, 1.807) is 13.0 Å². The molecule has 0 saturated carbocycles. The van der Waals surface area contributed by atoms with E-state index in [1.165, 1.54) is 13.0 Å². The lowest BCUT2D eigenvalue weighted by molar-refractivity contribution is -0.138. The van der Waals surface area contributed by atoms with Gasteiger partial charge in [-0.2, -0.15) is 13.2 Å². The zero-order valence-electron chi connectivity index (χ0n) is 19.6. The Morgan fingerprint density at radius 2 is 1.94 bits per heavy atom. The minimum atomic E-state index is -4.40. The third-order valence-corrected chi connectivity index (χ3v) is 7.13. The van der Waals surface area contributed by atoms with Crippen LogP contribution in [0.4, 0.5) is 18.9 Å². The summed E-state index contributed by atoms with van der Waals surface area (Å²) >= 11 is 0. The standard InChI is InChI=1S/C25H32F3N5O/c1-16-18(4-3-5-21(16)25(26,27)28)13-32-23(30)20-12-19(14-31-22(20)17(2)29)33-9-6-24(7-10-33)8-11-34-15-24/h3-5,12,14,32H,6-11,13,15,29-30H2,1-2H3/b22-17+,23-20+. The Hall–Kier alpha value is -2.94. The molecule has 2 aromatic rings. The van der Waals surface area contributed by atoms with Crippen molar-refractivity contribution in [3.05, 3.63) is 57.7 Å². The van der Waals surface area contributed by atoms with E-state index in [1.807, 2.05) is 12.3 Å². The summed E-state index contributed by atoms with van der Waals surface area (Å²) in [6.45, 7) is 6.87. The number of nitrogens with zero attached hydrogens (tertiary/aromatic N) is 2. The van der Waals surface area contributed by atoms with Crippen LogP contribution in [0.5, 0.6) is 0 Å². The van der Waals surface area contributed by atoms with Crippen molar-refractivity contribution in [2.24, 2.45) is 16.9 Å². The number of alkyl halides is 3. The fourth-order valence-electron chi connectivity index (χ4n) is 4.90. The molecule has 0 unspecified atom stereocenters. The van der Waals surface area contributed by atoms with Gasteiger partial charge in [0, 0.05) is 37.2 Å². The van der Waals surface area contributed by atoms with Crippen molar-refractivity contribution in [2.75, 3.05) is 31.2 Å². The summed E-state index contributed by atoms with van der Waals surface area (Å²) in [7, 11) is 0. The number of hydrogen-bond acceptors (Lipinski definition) is 6. The Morgan fingerprint density at radius 1 is 1.21 bits per heavy atom. The van der Waals surface area contributed by atoms with Crippen molar-refractivity contribution >= 4 is 17.2 Å². The van der Waals surface area contributed by atoms with Gasteiger partial charge in [0.2, 0.25) is 0 Å². The number of hydrogen-bond donors (Lipinski definition) is 3. The van der Waals surface area contributed by atoms with Crippen LogP contribution in [0.25, 0.3) is 11.5 Å².